The average Bonchev–Trinajstić information content (AvgIpc) is 3.09. The second kappa shape index (κ2) is 9.22. The van der Waals surface area contributed by atoms with Crippen molar-refractivity contribution in [1.29, 1.82) is 0 Å². The van der Waals surface area contributed by atoms with E-state index in [1.807, 2.05) is 71.3 Å². The summed E-state index contributed by atoms with van der Waals surface area (Å²) in [5, 5.41) is 19.5. The number of allylic oxidation sites excluding steroid dienone is 1. The summed E-state index contributed by atoms with van der Waals surface area (Å²) in [5.41, 5.74) is 1.00. The van der Waals surface area contributed by atoms with Gasteiger partial charge in [-0.05, 0) is 12.1 Å². The van der Waals surface area contributed by atoms with Gasteiger partial charge in [0.1, 0.15) is 12.4 Å². The maximum absolute atomic E-state index is 10.2. The molecule has 6 heteroatoms. The summed E-state index contributed by atoms with van der Waals surface area (Å²) in [6.45, 7) is 4.66. The Morgan fingerprint density at radius 1 is 1.08 bits per heavy atom. The molecule has 0 fully saturated rings. The van der Waals surface area contributed by atoms with Crippen LogP contribution < -0.4 is 4.74 Å². The van der Waals surface area contributed by atoms with Crippen molar-refractivity contribution in [3.05, 3.63) is 73.3 Å². The Hall–Kier alpha value is -2.57. The van der Waals surface area contributed by atoms with Crippen LogP contribution in [0.1, 0.15) is 0 Å². The Labute approximate surface area is 157 Å². The summed E-state index contributed by atoms with van der Waals surface area (Å²) in [6.07, 6.45) is 1.21. The van der Waals surface area contributed by atoms with E-state index >= 15 is 0 Å². The highest BCUT2D eigenvalue weighted by atomic mass is 32.2. The van der Waals surface area contributed by atoms with E-state index in [9.17, 15) is 5.11 Å². The molecule has 0 bridgehead atoms. The van der Waals surface area contributed by atoms with E-state index < -0.39 is 6.10 Å². The van der Waals surface area contributed by atoms with Crippen molar-refractivity contribution in [2.24, 2.45) is 0 Å². The van der Waals surface area contributed by atoms with E-state index in [0.29, 0.717) is 12.3 Å². The van der Waals surface area contributed by atoms with Crippen LogP contribution in [0.15, 0.2) is 78.5 Å². The van der Waals surface area contributed by atoms with Crippen molar-refractivity contribution in [2.45, 2.75) is 17.8 Å². The molecule has 3 aromatic rings. The van der Waals surface area contributed by atoms with Crippen LogP contribution >= 0.6 is 11.8 Å². The number of rotatable bonds is 9. The lowest BCUT2D eigenvalue weighted by Crippen LogP contribution is -2.20. The summed E-state index contributed by atoms with van der Waals surface area (Å²) in [4.78, 5) is 0. The van der Waals surface area contributed by atoms with Gasteiger partial charge in [-0.3, -0.25) is 4.57 Å². The third kappa shape index (κ3) is 4.74. The molecule has 0 saturated heterocycles. The minimum absolute atomic E-state index is 0.234. The Bertz CT molecular complexity index is 822. The van der Waals surface area contributed by atoms with Gasteiger partial charge in [0.2, 0.25) is 0 Å². The summed E-state index contributed by atoms with van der Waals surface area (Å²) in [7, 11) is 0. The fraction of sp³-hybridized carbons (Fsp3) is 0.200. The van der Waals surface area contributed by atoms with E-state index in [4.69, 9.17) is 4.74 Å². The van der Waals surface area contributed by atoms with Gasteiger partial charge in [-0.25, -0.2) is 0 Å². The molecule has 0 aliphatic rings. The highest BCUT2D eigenvalue weighted by molar-refractivity contribution is 7.99. The molecule has 0 amide bonds. The summed E-state index contributed by atoms with van der Waals surface area (Å²) < 4.78 is 7.58. The maximum Gasteiger partial charge on any atom is 0.191 e. The first-order chi connectivity index (χ1) is 12.8. The first-order valence-electron chi connectivity index (χ1n) is 8.36. The predicted molar refractivity (Wildman–Crippen MR) is 104 cm³/mol. The smallest absolute Gasteiger partial charge is 0.191 e. The zero-order valence-corrected chi connectivity index (χ0v) is 15.2. The molecule has 0 aliphatic carbocycles. The number of benzene rings is 2. The molecule has 0 aliphatic heterocycles. The van der Waals surface area contributed by atoms with Crippen molar-refractivity contribution in [3.63, 3.8) is 0 Å². The van der Waals surface area contributed by atoms with E-state index in [2.05, 4.69) is 16.8 Å². The van der Waals surface area contributed by atoms with E-state index in [1.165, 1.54) is 11.8 Å². The number of aliphatic hydroxyl groups excluding tert-OH is 1. The summed E-state index contributed by atoms with van der Waals surface area (Å²) >= 11 is 1.46. The molecule has 5 nitrogen and oxygen atoms in total. The molecule has 1 N–H and O–H groups in total. The second-order valence-corrected chi connectivity index (χ2v) is 6.65. The van der Waals surface area contributed by atoms with Crippen LogP contribution in [0.3, 0.4) is 0 Å². The van der Waals surface area contributed by atoms with Gasteiger partial charge in [0.05, 0.1) is 6.10 Å². The van der Waals surface area contributed by atoms with Gasteiger partial charge >= 0.3 is 0 Å². The van der Waals surface area contributed by atoms with Gasteiger partial charge in [-0.15, -0.1) is 16.8 Å². The van der Waals surface area contributed by atoms with Crippen LogP contribution in [-0.4, -0.2) is 38.3 Å². The van der Waals surface area contributed by atoms with Crippen LogP contribution in [0.25, 0.3) is 11.4 Å². The van der Waals surface area contributed by atoms with Crippen LogP contribution in [0.4, 0.5) is 0 Å². The quantitative estimate of drug-likeness (QED) is 0.462. The van der Waals surface area contributed by atoms with Crippen molar-refractivity contribution in [3.8, 4) is 17.1 Å². The third-order valence-corrected chi connectivity index (χ3v) is 4.76. The van der Waals surface area contributed by atoms with Gasteiger partial charge in [0, 0.05) is 17.9 Å². The molecular formula is C20H21N3O2S. The molecule has 0 radical (unpaired) electrons. The molecule has 3 rings (SSSR count). The van der Waals surface area contributed by atoms with E-state index in [0.717, 1.165) is 22.3 Å². The number of ether oxygens (including phenoxy) is 1. The van der Waals surface area contributed by atoms with Crippen molar-refractivity contribution >= 4 is 11.8 Å². The monoisotopic (exact) mass is 367 g/mol. The Morgan fingerprint density at radius 3 is 2.46 bits per heavy atom. The predicted octanol–water partition coefficient (Wildman–Crippen LogP) is 3.66. The average molecular weight is 367 g/mol. The number of thioether (sulfide) groups is 1. The maximum atomic E-state index is 10.2. The van der Waals surface area contributed by atoms with Crippen molar-refractivity contribution < 1.29 is 9.84 Å². The summed E-state index contributed by atoms with van der Waals surface area (Å²) in [5.74, 6) is 2.01. The lowest BCUT2D eigenvalue weighted by molar-refractivity contribution is 0.126. The Balaban J connectivity index is 1.62. The Kier molecular flexibility index (Phi) is 6.46. The lowest BCUT2D eigenvalue weighted by atomic mass is 10.2. The molecule has 1 heterocycles. The highest BCUT2D eigenvalue weighted by Gasteiger charge is 2.15. The SMILES string of the molecule is C=CCn1c(SC[C@H](O)COc2ccccc2)nnc1-c1ccccc1. The summed E-state index contributed by atoms with van der Waals surface area (Å²) in [6, 6.07) is 19.4. The zero-order valence-electron chi connectivity index (χ0n) is 14.4. The first-order valence-corrected chi connectivity index (χ1v) is 9.34. The molecule has 1 aromatic heterocycles. The zero-order chi connectivity index (χ0) is 18.2. The molecule has 134 valence electrons. The van der Waals surface area contributed by atoms with Gasteiger partial charge in [0.25, 0.3) is 0 Å². The van der Waals surface area contributed by atoms with Crippen LogP contribution in [0.5, 0.6) is 5.75 Å². The van der Waals surface area contributed by atoms with Gasteiger partial charge in [-0.1, -0.05) is 66.4 Å². The number of para-hydroxylation sites is 1. The molecular weight excluding hydrogens is 346 g/mol. The van der Waals surface area contributed by atoms with Crippen molar-refractivity contribution in [1.82, 2.24) is 14.8 Å². The minimum Gasteiger partial charge on any atom is -0.491 e. The van der Waals surface area contributed by atoms with E-state index in [1.54, 1.807) is 0 Å². The van der Waals surface area contributed by atoms with E-state index in [-0.39, 0.29) is 6.61 Å². The van der Waals surface area contributed by atoms with Crippen molar-refractivity contribution in [2.75, 3.05) is 12.4 Å². The number of nitrogens with zero attached hydrogens (tertiary/aromatic N) is 3. The first kappa shape index (κ1) is 18.2. The van der Waals surface area contributed by atoms with Gasteiger partial charge in [0.15, 0.2) is 11.0 Å². The number of hydrogen-bond donors (Lipinski definition) is 1. The highest BCUT2D eigenvalue weighted by Crippen LogP contribution is 2.24. The molecule has 1 atom stereocenters. The molecule has 0 unspecified atom stereocenters. The minimum atomic E-state index is -0.603. The van der Waals surface area contributed by atoms with Crippen LogP contribution in [-0.2, 0) is 6.54 Å². The normalized spacial score (nSPS) is 11.9. The topological polar surface area (TPSA) is 60.2 Å². The molecule has 2 aromatic carbocycles. The number of hydrogen-bond acceptors (Lipinski definition) is 5. The number of aromatic nitrogens is 3. The fourth-order valence-corrected chi connectivity index (χ4v) is 3.27. The molecule has 0 spiro atoms. The molecule has 0 saturated carbocycles. The fourth-order valence-electron chi connectivity index (χ4n) is 2.42. The molecule has 26 heavy (non-hydrogen) atoms. The van der Waals surface area contributed by atoms with Gasteiger partial charge in [-0.2, -0.15) is 0 Å². The van der Waals surface area contributed by atoms with Crippen LogP contribution in [0, 0.1) is 0 Å². The second-order valence-electron chi connectivity index (χ2n) is 5.66. The van der Waals surface area contributed by atoms with Crippen LogP contribution in [0.2, 0.25) is 0 Å². The number of aliphatic hydroxyl groups is 1. The third-order valence-electron chi connectivity index (χ3n) is 3.65. The van der Waals surface area contributed by atoms with Gasteiger partial charge < -0.3 is 9.84 Å². The largest absolute Gasteiger partial charge is 0.491 e. The lowest BCUT2D eigenvalue weighted by Gasteiger charge is -2.12. The standard InChI is InChI=1S/C20H21N3O2S/c1-2-13-23-19(16-9-5-3-6-10-16)21-22-20(23)26-15-17(24)14-25-18-11-7-4-8-12-18/h2-12,17,24H,1,13-15H2/t17-/m1/s1. The Morgan fingerprint density at radius 2 is 1.77 bits per heavy atom.